The maximum atomic E-state index is 9.68. The van der Waals surface area contributed by atoms with Crippen molar-refractivity contribution in [2.24, 2.45) is 5.73 Å². The van der Waals surface area contributed by atoms with Crippen LogP contribution < -0.4 is 10.5 Å². The summed E-state index contributed by atoms with van der Waals surface area (Å²) in [5, 5.41) is 9.68. The van der Waals surface area contributed by atoms with E-state index in [1.165, 1.54) is 5.56 Å². The van der Waals surface area contributed by atoms with E-state index >= 15 is 0 Å². The lowest BCUT2D eigenvalue weighted by Crippen LogP contribution is -2.35. The molecule has 1 atom stereocenters. The van der Waals surface area contributed by atoms with Gasteiger partial charge in [0, 0.05) is 13.0 Å². The average Bonchev–Trinajstić information content (AvgIpc) is 2.30. The largest absolute Gasteiger partial charge is 0.493 e. The molecule has 90 valence electrons. The fourth-order valence-electron chi connectivity index (χ4n) is 1.31. The summed E-state index contributed by atoms with van der Waals surface area (Å²) in [6.45, 7) is 4.58. The molecule has 0 aliphatic rings. The second-order valence-electron chi connectivity index (χ2n) is 4.30. The van der Waals surface area contributed by atoms with Crippen molar-refractivity contribution in [3.8, 4) is 5.75 Å². The molecule has 0 radical (unpaired) electrons. The second-order valence-corrected chi connectivity index (χ2v) is 4.30. The molecule has 0 aliphatic heterocycles. The molecule has 0 saturated carbocycles. The molecule has 0 bridgehead atoms. The molecule has 0 amide bonds. The number of aliphatic hydroxyl groups is 1. The SMILES string of the molecule is CCc1ccc(OCCC(C)(O)CN)cc1. The summed E-state index contributed by atoms with van der Waals surface area (Å²) in [6, 6.07) is 8.01. The Morgan fingerprint density at radius 2 is 1.94 bits per heavy atom. The average molecular weight is 223 g/mol. The standard InChI is InChI=1S/C13H21NO2/c1-3-11-4-6-12(7-5-11)16-9-8-13(2,15)10-14/h4-7,15H,3,8-10,14H2,1-2H3. The normalized spacial score (nSPS) is 14.5. The van der Waals surface area contributed by atoms with Gasteiger partial charge in [-0.3, -0.25) is 0 Å². The van der Waals surface area contributed by atoms with Crippen LogP contribution in [0.4, 0.5) is 0 Å². The molecule has 0 fully saturated rings. The van der Waals surface area contributed by atoms with Gasteiger partial charge in [0.1, 0.15) is 5.75 Å². The van der Waals surface area contributed by atoms with Crippen molar-refractivity contribution >= 4 is 0 Å². The number of aryl methyl sites for hydroxylation is 1. The molecule has 16 heavy (non-hydrogen) atoms. The summed E-state index contributed by atoms with van der Waals surface area (Å²) in [4.78, 5) is 0. The van der Waals surface area contributed by atoms with Gasteiger partial charge < -0.3 is 15.6 Å². The van der Waals surface area contributed by atoms with Gasteiger partial charge in [-0.1, -0.05) is 19.1 Å². The third-order valence-corrected chi connectivity index (χ3v) is 2.68. The molecule has 1 rings (SSSR count). The maximum absolute atomic E-state index is 9.68. The van der Waals surface area contributed by atoms with Crippen molar-refractivity contribution < 1.29 is 9.84 Å². The van der Waals surface area contributed by atoms with Crippen LogP contribution in [0.5, 0.6) is 5.75 Å². The molecular weight excluding hydrogens is 202 g/mol. The summed E-state index contributed by atoms with van der Waals surface area (Å²) in [5.41, 5.74) is 5.88. The van der Waals surface area contributed by atoms with Crippen molar-refractivity contribution in [1.82, 2.24) is 0 Å². The molecule has 1 aromatic rings. The van der Waals surface area contributed by atoms with E-state index in [-0.39, 0.29) is 6.54 Å². The molecule has 1 unspecified atom stereocenters. The monoisotopic (exact) mass is 223 g/mol. The Morgan fingerprint density at radius 1 is 1.31 bits per heavy atom. The first-order chi connectivity index (χ1) is 7.57. The molecule has 0 aromatic heterocycles. The molecule has 3 heteroatoms. The minimum Gasteiger partial charge on any atom is -0.493 e. The zero-order valence-corrected chi connectivity index (χ0v) is 10.1. The van der Waals surface area contributed by atoms with Crippen molar-refractivity contribution in [2.75, 3.05) is 13.2 Å². The van der Waals surface area contributed by atoms with Crippen LogP contribution in [0.25, 0.3) is 0 Å². The van der Waals surface area contributed by atoms with Gasteiger partial charge in [-0.25, -0.2) is 0 Å². The van der Waals surface area contributed by atoms with Gasteiger partial charge in [-0.05, 0) is 31.0 Å². The van der Waals surface area contributed by atoms with Crippen molar-refractivity contribution in [2.45, 2.75) is 32.3 Å². The highest BCUT2D eigenvalue weighted by Crippen LogP contribution is 2.14. The van der Waals surface area contributed by atoms with Gasteiger partial charge in [-0.15, -0.1) is 0 Å². The maximum Gasteiger partial charge on any atom is 0.119 e. The van der Waals surface area contributed by atoms with Gasteiger partial charge in [0.15, 0.2) is 0 Å². The van der Waals surface area contributed by atoms with Crippen LogP contribution in [0.1, 0.15) is 25.8 Å². The lowest BCUT2D eigenvalue weighted by molar-refractivity contribution is 0.0453. The van der Waals surface area contributed by atoms with Gasteiger partial charge >= 0.3 is 0 Å². The van der Waals surface area contributed by atoms with Gasteiger partial charge in [-0.2, -0.15) is 0 Å². The minimum absolute atomic E-state index is 0.255. The Morgan fingerprint density at radius 3 is 2.44 bits per heavy atom. The van der Waals surface area contributed by atoms with Crippen molar-refractivity contribution in [1.29, 1.82) is 0 Å². The first-order valence-electron chi connectivity index (χ1n) is 5.71. The molecule has 3 nitrogen and oxygen atoms in total. The molecule has 0 spiro atoms. The quantitative estimate of drug-likeness (QED) is 0.772. The van der Waals surface area contributed by atoms with Gasteiger partial charge in [0.2, 0.25) is 0 Å². The topological polar surface area (TPSA) is 55.5 Å². The molecule has 0 saturated heterocycles. The first-order valence-corrected chi connectivity index (χ1v) is 5.71. The van der Waals surface area contributed by atoms with E-state index in [0.29, 0.717) is 13.0 Å². The van der Waals surface area contributed by atoms with Crippen LogP contribution in [-0.4, -0.2) is 23.9 Å². The predicted octanol–water partition coefficient (Wildman–Crippen LogP) is 1.73. The Bertz CT molecular complexity index is 306. The van der Waals surface area contributed by atoms with E-state index in [0.717, 1.165) is 12.2 Å². The van der Waals surface area contributed by atoms with E-state index < -0.39 is 5.60 Å². The highest BCUT2D eigenvalue weighted by Gasteiger charge is 2.17. The van der Waals surface area contributed by atoms with Crippen LogP contribution in [0.15, 0.2) is 24.3 Å². The van der Waals surface area contributed by atoms with Gasteiger partial charge in [0.05, 0.1) is 12.2 Å². The van der Waals surface area contributed by atoms with Crippen molar-refractivity contribution in [3.63, 3.8) is 0 Å². The summed E-state index contributed by atoms with van der Waals surface area (Å²) in [5.74, 6) is 0.838. The number of benzene rings is 1. The van der Waals surface area contributed by atoms with Crippen LogP contribution in [0, 0.1) is 0 Å². The van der Waals surface area contributed by atoms with E-state index in [1.54, 1.807) is 6.92 Å². The summed E-state index contributed by atoms with van der Waals surface area (Å²) < 4.78 is 5.53. The number of hydrogen-bond acceptors (Lipinski definition) is 3. The van der Waals surface area contributed by atoms with Crippen LogP contribution in [0.2, 0.25) is 0 Å². The highest BCUT2D eigenvalue weighted by atomic mass is 16.5. The number of nitrogens with two attached hydrogens (primary N) is 1. The van der Waals surface area contributed by atoms with E-state index in [2.05, 4.69) is 19.1 Å². The van der Waals surface area contributed by atoms with Crippen molar-refractivity contribution in [3.05, 3.63) is 29.8 Å². The smallest absolute Gasteiger partial charge is 0.119 e. The Hall–Kier alpha value is -1.06. The fraction of sp³-hybridized carbons (Fsp3) is 0.538. The Balaban J connectivity index is 2.37. The molecule has 0 heterocycles. The third-order valence-electron chi connectivity index (χ3n) is 2.68. The number of rotatable bonds is 6. The molecular formula is C13H21NO2. The van der Waals surface area contributed by atoms with Crippen LogP contribution in [0.3, 0.4) is 0 Å². The van der Waals surface area contributed by atoms with Gasteiger partial charge in [0.25, 0.3) is 0 Å². The van der Waals surface area contributed by atoms with E-state index in [4.69, 9.17) is 10.5 Å². The van der Waals surface area contributed by atoms with E-state index in [9.17, 15) is 5.11 Å². The third kappa shape index (κ3) is 4.21. The Kier molecular flexibility index (Phi) is 4.77. The fourth-order valence-corrected chi connectivity index (χ4v) is 1.31. The molecule has 0 aliphatic carbocycles. The number of ether oxygens (including phenoxy) is 1. The zero-order chi connectivity index (χ0) is 12.0. The second kappa shape index (κ2) is 5.87. The summed E-state index contributed by atoms with van der Waals surface area (Å²) in [7, 11) is 0. The molecule has 3 N–H and O–H groups in total. The predicted molar refractivity (Wildman–Crippen MR) is 65.6 cm³/mol. The van der Waals surface area contributed by atoms with Crippen LogP contribution in [-0.2, 0) is 6.42 Å². The summed E-state index contributed by atoms with van der Waals surface area (Å²) >= 11 is 0. The zero-order valence-electron chi connectivity index (χ0n) is 10.1. The highest BCUT2D eigenvalue weighted by molar-refractivity contribution is 5.27. The lowest BCUT2D eigenvalue weighted by atomic mass is 10.0. The van der Waals surface area contributed by atoms with Crippen LogP contribution >= 0.6 is 0 Å². The first kappa shape index (κ1) is 13.0. The Labute approximate surface area is 97.2 Å². The lowest BCUT2D eigenvalue weighted by Gasteiger charge is -2.20. The molecule has 1 aromatic carbocycles. The van der Waals surface area contributed by atoms with E-state index in [1.807, 2.05) is 12.1 Å². The number of hydrogen-bond donors (Lipinski definition) is 2. The summed E-state index contributed by atoms with van der Waals surface area (Å²) in [6.07, 6.45) is 1.57. The minimum atomic E-state index is -0.830.